The van der Waals surface area contributed by atoms with Gasteiger partial charge in [-0.05, 0) is 74.6 Å². The third-order valence-corrected chi connectivity index (χ3v) is 9.18. The molecule has 0 bridgehead atoms. The molecule has 0 spiro atoms. The Hall–Kier alpha value is -7.03. The molecule has 0 aliphatic rings. The van der Waals surface area contributed by atoms with E-state index in [-0.39, 0.29) is 0 Å². The zero-order chi connectivity index (χ0) is 33.4. The summed E-state index contributed by atoms with van der Waals surface area (Å²) in [5, 5.41) is 15.0. The van der Waals surface area contributed by atoms with Crippen molar-refractivity contribution in [2.75, 3.05) is 0 Å². The highest BCUT2D eigenvalue weighted by atomic mass is 15.0. The number of rotatable bonds is 5. The Morgan fingerprint density at radius 2 is 0.920 bits per heavy atom. The van der Waals surface area contributed by atoms with E-state index in [2.05, 4.69) is 72.8 Å². The first-order valence-corrected chi connectivity index (χ1v) is 16.4. The lowest BCUT2D eigenvalue weighted by molar-refractivity contribution is 1.07. The van der Waals surface area contributed by atoms with Gasteiger partial charge in [0.25, 0.3) is 0 Å². The van der Waals surface area contributed by atoms with Gasteiger partial charge in [0.1, 0.15) is 0 Å². The van der Waals surface area contributed by atoms with E-state index in [1.54, 1.807) is 0 Å². The van der Waals surface area contributed by atoms with Gasteiger partial charge in [-0.3, -0.25) is 4.98 Å². The molecule has 0 unspecified atom stereocenters. The third kappa shape index (κ3) is 5.13. The Balaban J connectivity index is 1.25. The molecule has 0 atom stereocenters. The zero-order valence-corrected chi connectivity index (χ0v) is 26.8. The monoisotopic (exact) mass is 637 g/mol. The van der Waals surface area contributed by atoms with Crippen LogP contribution >= 0.6 is 0 Å². The minimum Gasteiger partial charge on any atom is -0.256 e. The first kappa shape index (κ1) is 29.1. The predicted molar refractivity (Wildman–Crippen MR) is 202 cm³/mol. The quantitative estimate of drug-likeness (QED) is 0.176. The molecule has 9 rings (SSSR count). The van der Waals surface area contributed by atoms with Crippen LogP contribution in [0.2, 0.25) is 0 Å². The summed E-state index contributed by atoms with van der Waals surface area (Å²) in [6.07, 6.45) is 1.84. The summed E-state index contributed by atoms with van der Waals surface area (Å²) < 4.78 is 0. The van der Waals surface area contributed by atoms with Gasteiger partial charge >= 0.3 is 0 Å². The summed E-state index contributed by atoms with van der Waals surface area (Å²) in [4.78, 5) is 19.7. The molecule has 0 aliphatic heterocycles. The fraction of sp³-hybridized carbons (Fsp3) is 0. The maximum atomic E-state index is 9.38. The largest absolute Gasteiger partial charge is 0.256 e. The molecule has 50 heavy (non-hydrogen) atoms. The number of pyridine rings is 1. The van der Waals surface area contributed by atoms with Crippen LogP contribution in [0.5, 0.6) is 0 Å². The molecule has 5 nitrogen and oxygen atoms in total. The van der Waals surface area contributed by atoms with E-state index in [4.69, 9.17) is 19.9 Å². The number of hydrogen-bond donors (Lipinski definition) is 0. The van der Waals surface area contributed by atoms with Crippen LogP contribution in [-0.4, -0.2) is 19.9 Å². The van der Waals surface area contributed by atoms with Crippen LogP contribution in [0.1, 0.15) is 5.56 Å². The Kier molecular flexibility index (Phi) is 7.11. The minimum absolute atomic E-state index is 0.617. The van der Waals surface area contributed by atoms with Crippen LogP contribution in [0.3, 0.4) is 0 Å². The molecule has 5 heteroatoms. The van der Waals surface area contributed by atoms with Crippen LogP contribution in [0.4, 0.5) is 0 Å². The van der Waals surface area contributed by atoms with E-state index in [0.717, 1.165) is 71.4 Å². The smallest absolute Gasteiger partial charge is 0.164 e. The van der Waals surface area contributed by atoms with E-state index in [0.29, 0.717) is 23.0 Å². The van der Waals surface area contributed by atoms with Gasteiger partial charge in [0, 0.05) is 33.8 Å². The second-order valence-corrected chi connectivity index (χ2v) is 12.2. The summed E-state index contributed by atoms with van der Waals surface area (Å²) in [5.74, 6) is 1.88. The van der Waals surface area contributed by atoms with Gasteiger partial charge in [0.15, 0.2) is 17.5 Å². The molecular formula is C45H27N5. The predicted octanol–water partition coefficient (Wildman–Crippen LogP) is 10.9. The molecule has 0 aliphatic carbocycles. The van der Waals surface area contributed by atoms with Crippen LogP contribution in [0.15, 0.2) is 164 Å². The van der Waals surface area contributed by atoms with Gasteiger partial charge < -0.3 is 0 Å². The van der Waals surface area contributed by atoms with Gasteiger partial charge in [0.05, 0.1) is 17.1 Å². The lowest BCUT2D eigenvalue weighted by atomic mass is 9.88. The zero-order valence-electron chi connectivity index (χ0n) is 26.8. The Morgan fingerprint density at radius 1 is 0.380 bits per heavy atom. The molecule has 0 fully saturated rings. The highest BCUT2D eigenvalue weighted by Gasteiger charge is 2.17. The molecule has 9 aromatic rings. The van der Waals surface area contributed by atoms with Crippen molar-refractivity contribution in [1.82, 2.24) is 19.9 Å². The van der Waals surface area contributed by atoms with Crippen molar-refractivity contribution in [2.24, 2.45) is 0 Å². The normalized spacial score (nSPS) is 11.2. The maximum absolute atomic E-state index is 9.38. The topological polar surface area (TPSA) is 75.3 Å². The van der Waals surface area contributed by atoms with Crippen molar-refractivity contribution in [2.45, 2.75) is 0 Å². The van der Waals surface area contributed by atoms with E-state index >= 15 is 0 Å². The van der Waals surface area contributed by atoms with Gasteiger partial charge in [-0.15, -0.1) is 0 Å². The number of nitriles is 1. The Bertz CT molecular complexity index is 2690. The van der Waals surface area contributed by atoms with Crippen molar-refractivity contribution >= 4 is 32.4 Å². The lowest BCUT2D eigenvalue weighted by Gasteiger charge is -2.16. The first-order valence-electron chi connectivity index (χ1n) is 16.4. The summed E-state index contributed by atoms with van der Waals surface area (Å²) in [5.41, 5.74) is 8.58. The number of aromatic nitrogens is 4. The highest BCUT2D eigenvalue weighted by Crippen LogP contribution is 2.41. The summed E-state index contributed by atoms with van der Waals surface area (Å²) >= 11 is 0. The molecule has 2 heterocycles. The molecular weight excluding hydrogens is 611 g/mol. The van der Waals surface area contributed by atoms with E-state index < -0.39 is 0 Å². The maximum Gasteiger partial charge on any atom is 0.164 e. The molecule has 0 saturated carbocycles. The number of hydrogen-bond acceptors (Lipinski definition) is 5. The van der Waals surface area contributed by atoms with Crippen LogP contribution < -0.4 is 0 Å². The molecule has 2 aromatic heterocycles. The SMILES string of the molecule is N#Cc1ccc(-c2cc3c4ccccc4c(-c4cccc(-c5nc(-c6ccccc6)nc(-c6ccccc6)n5)c4)cc3c3cccnc23)cc1. The van der Waals surface area contributed by atoms with Crippen molar-refractivity contribution in [3.05, 3.63) is 169 Å². The molecule has 232 valence electrons. The third-order valence-electron chi connectivity index (χ3n) is 9.18. The average Bonchev–Trinajstić information content (AvgIpc) is 3.21. The van der Waals surface area contributed by atoms with E-state index in [1.807, 2.05) is 97.2 Å². The van der Waals surface area contributed by atoms with Crippen LogP contribution in [-0.2, 0) is 0 Å². The molecule has 0 radical (unpaired) electrons. The molecule has 0 N–H and O–H groups in total. The fourth-order valence-electron chi connectivity index (χ4n) is 6.77. The first-order chi connectivity index (χ1) is 24.7. The summed E-state index contributed by atoms with van der Waals surface area (Å²) in [6.45, 7) is 0. The highest BCUT2D eigenvalue weighted by molar-refractivity contribution is 6.23. The molecule has 0 saturated heterocycles. The van der Waals surface area contributed by atoms with Crippen molar-refractivity contribution in [3.63, 3.8) is 0 Å². The fourth-order valence-corrected chi connectivity index (χ4v) is 6.77. The van der Waals surface area contributed by atoms with Gasteiger partial charge in [0.2, 0.25) is 0 Å². The Labute approximate surface area is 288 Å². The van der Waals surface area contributed by atoms with Crippen molar-refractivity contribution in [3.8, 4) is 62.5 Å². The van der Waals surface area contributed by atoms with Crippen molar-refractivity contribution < 1.29 is 0 Å². The average molecular weight is 638 g/mol. The standard InChI is InChI=1S/C45H27N5/c46-28-29-20-22-30(23-21-29)39-27-40-36-18-8-7-17-35(36)38(26-41(40)37-19-10-24-47-42(37)39)33-15-9-16-34(25-33)45-49-43(31-11-3-1-4-12-31)48-44(50-45)32-13-5-2-6-14-32/h1-27H. The van der Waals surface area contributed by atoms with E-state index in [9.17, 15) is 5.26 Å². The number of benzene rings is 7. The Morgan fingerprint density at radius 3 is 1.60 bits per heavy atom. The van der Waals surface area contributed by atoms with Gasteiger partial charge in [-0.25, -0.2) is 15.0 Å². The van der Waals surface area contributed by atoms with Crippen LogP contribution in [0, 0.1) is 11.3 Å². The van der Waals surface area contributed by atoms with Gasteiger partial charge in [-0.1, -0.05) is 121 Å². The van der Waals surface area contributed by atoms with E-state index in [1.165, 1.54) is 0 Å². The van der Waals surface area contributed by atoms with Crippen LogP contribution in [0.25, 0.3) is 88.9 Å². The van der Waals surface area contributed by atoms with Gasteiger partial charge in [-0.2, -0.15) is 5.26 Å². The van der Waals surface area contributed by atoms with Crippen molar-refractivity contribution in [1.29, 1.82) is 5.26 Å². The molecule has 7 aromatic carbocycles. The summed E-state index contributed by atoms with van der Waals surface area (Å²) in [6, 6.07) is 55.8. The number of nitrogens with zero attached hydrogens (tertiary/aromatic N) is 5. The second-order valence-electron chi connectivity index (χ2n) is 12.2. The number of fused-ring (bicyclic) bond motifs is 5. The minimum atomic E-state index is 0.617. The second kappa shape index (κ2) is 12.2. The molecule has 0 amide bonds. The lowest BCUT2D eigenvalue weighted by Crippen LogP contribution is -2.00. The summed E-state index contributed by atoms with van der Waals surface area (Å²) in [7, 11) is 0.